The number of anilines is 1. The molecule has 0 saturated carbocycles. The molecule has 0 aliphatic heterocycles. The molecule has 0 bridgehead atoms. The zero-order chi connectivity index (χ0) is 20.3. The molecular formula is C20H22N4O3S. The Morgan fingerprint density at radius 2 is 1.79 bits per heavy atom. The van der Waals surface area contributed by atoms with E-state index in [0.29, 0.717) is 17.8 Å². The number of amides is 1. The van der Waals surface area contributed by atoms with Gasteiger partial charge in [0.2, 0.25) is 10.0 Å². The van der Waals surface area contributed by atoms with E-state index in [4.69, 9.17) is 0 Å². The SMILES string of the molecule is Cc1nn(-c2ccccc2)c(C)c1CNC(=O)c1cccc(NS(C)(=O)=O)c1. The number of aromatic nitrogens is 2. The van der Waals surface area contributed by atoms with Crippen LogP contribution in [0.25, 0.3) is 5.69 Å². The van der Waals surface area contributed by atoms with Crippen molar-refractivity contribution in [3.8, 4) is 5.69 Å². The van der Waals surface area contributed by atoms with Gasteiger partial charge in [-0.15, -0.1) is 0 Å². The van der Waals surface area contributed by atoms with Crippen molar-refractivity contribution in [3.05, 3.63) is 77.1 Å². The third kappa shape index (κ3) is 4.58. The second-order valence-corrected chi connectivity index (χ2v) is 8.28. The number of sulfonamides is 1. The largest absolute Gasteiger partial charge is 0.348 e. The van der Waals surface area contributed by atoms with Crippen molar-refractivity contribution in [1.29, 1.82) is 0 Å². The average Bonchev–Trinajstić information content (AvgIpc) is 2.93. The normalized spacial score (nSPS) is 11.2. The lowest BCUT2D eigenvalue weighted by Gasteiger charge is -2.09. The molecule has 0 aliphatic rings. The van der Waals surface area contributed by atoms with Crippen molar-refractivity contribution in [3.63, 3.8) is 0 Å². The maximum atomic E-state index is 12.5. The van der Waals surface area contributed by atoms with Crippen LogP contribution in [0.2, 0.25) is 0 Å². The van der Waals surface area contributed by atoms with Gasteiger partial charge in [-0.05, 0) is 44.2 Å². The van der Waals surface area contributed by atoms with Crippen molar-refractivity contribution >= 4 is 21.6 Å². The van der Waals surface area contributed by atoms with Gasteiger partial charge in [-0.2, -0.15) is 5.10 Å². The first-order valence-corrected chi connectivity index (χ1v) is 10.6. The summed E-state index contributed by atoms with van der Waals surface area (Å²) in [5.41, 5.74) is 4.42. The van der Waals surface area contributed by atoms with Crippen LogP contribution < -0.4 is 10.0 Å². The standard InChI is InChI=1S/C20H22N4O3S/c1-14-19(15(2)24(22-14)18-10-5-4-6-11-18)13-21-20(25)16-8-7-9-17(12-16)23-28(3,26)27/h4-12,23H,13H2,1-3H3,(H,21,25). The van der Waals surface area contributed by atoms with E-state index in [1.807, 2.05) is 48.9 Å². The van der Waals surface area contributed by atoms with Gasteiger partial charge in [-0.3, -0.25) is 9.52 Å². The molecule has 2 N–H and O–H groups in total. The third-order valence-corrected chi connectivity index (χ3v) is 4.90. The van der Waals surface area contributed by atoms with E-state index in [2.05, 4.69) is 15.1 Å². The predicted octanol–water partition coefficient (Wildman–Crippen LogP) is 2.79. The number of rotatable bonds is 6. The molecule has 2 aromatic carbocycles. The maximum Gasteiger partial charge on any atom is 0.251 e. The Balaban J connectivity index is 1.75. The Hall–Kier alpha value is -3.13. The summed E-state index contributed by atoms with van der Waals surface area (Å²) in [7, 11) is -3.40. The van der Waals surface area contributed by atoms with Gasteiger partial charge in [0.25, 0.3) is 5.91 Å². The van der Waals surface area contributed by atoms with Crippen LogP contribution >= 0.6 is 0 Å². The van der Waals surface area contributed by atoms with Gasteiger partial charge in [0, 0.05) is 29.1 Å². The number of para-hydroxylation sites is 1. The third-order valence-electron chi connectivity index (χ3n) is 4.30. The minimum atomic E-state index is -3.40. The van der Waals surface area contributed by atoms with E-state index in [1.54, 1.807) is 18.2 Å². The van der Waals surface area contributed by atoms with Crippen molar-refractivity contribution in [2.75, 3.05) is 11.0 Å². The highest BCUT2D eigenvalue weighted by Gasteiger charge is 2.14. The van der Waals surface area contributed by atoms with Crippen LogP contribution in [0.4, 0.5) is 5.69 Å². The minimum absolute atomic E-state index is 0.289. The Bertz CT molecular complexity index is 1110. The van der Waals surface area contributed by atoms with Crippen molar-refractivity contribution in [2.45, 2.75) is 20.4 Å². The number of benzene rings is 2. The summed E-state index contributed by atoms with van der Waals surface area (Å²) < 4.78 is 27.0. The molecule has 0 spiro atoms. The molecule has 28 heavy (non-hydrogen) atoms. The maximum absolute atomic E-state index is 12.5. The van der Waals surface area contributed by atoms with E-state index in [1.165, 1.54) is 6.07 Å². The molecule has 8 heteroatoms. The van der Waals surface area contributed by atoms with E-state index in [0.717, 1.165) is 28.9 Å². The van der Waals surface area contributed by atoms with E-state index in [9.17, 15) is 13.2 Å². The molecule has 0 saturated heterocycles. The first-order chi connectivity index (χ1) is 13.2. The van der Waals surface area contributed by atoms with E-state index < -0.39 is 10.0 Å². The zero-order valence-corrected chi connectivity index (χ0v) is 16.7. The second-order valence-electron chi connectivity index (χ2n) is 6.53. The molecule has 3 aromatic rings. The van der Waals surface area contributed by atoms with Crippen LogP contribution in [0.5, 0.6) is 0 Å². The topological polar surface area (TPSA) is 93.1 Å². The first-order valence-electron chi connectivity index (χ1n) is 8.71. The predicted molar refractivity (Wildman–Crippen MR) is 109 cm³/mol. The Labute approximate surface area is 164 Å². The van der Waals surface area contributed by atoms with Crippen molar-refractivity contribution in [1.82, 2.24) is 15.1 Å². The number of nitrogens with one attached hydrogen (secondary N) is 2. The van der Waals surface area contributed by atoms with Crippen LogP contribution in [-0.2, 0) is 16.6 Å². The summed E-state index contributed by atoms with van der Waals surface area (Å²) in [5.74, 6) is -0.289. The van der Waals surface area contributed by atoms with Crippen LogP contribution in [0, 0.1) is 13.8 Å². The second kappa shape index (κ2) is 7.85. The number of aryl methyl sites for hydroxylation is 1. The lowest BCUT2D eigenvalue weighted by Crippen LogP contribution is -2.23. The minimum Gasteiger partial charge on any atom is -0.348 e. The molecule has 0 atom stereocenters. The number of carbonyl (C=O) groups is 1. The highest BCUT2D eigenvalue weighted by atomic mass is 32.2. The molecule has 146 valence electrons. The summed E-state index contributed by atoms with van der Waals surface area (Å²) in [6.45, 7) is 4.20. The molecule has 1 aromatic heterocycles. The van der Waals surface area contributed by atoms with Crippen molar-refractivity contribution in [2.24, 2.45) is 0 Å². The number of nitrogens with zero attached hydrogens (tertiary/aromatic N) is 2. The van der Waals surface area contributed by atoms with Crippen LogP contribution in [0.3, 0.4) is 0 Å². The quantitative estimate of drug-likeness (QED) is 0.668. The lowest BCUT2D eigenvalue weighted by molar-refractivity contribution is 0.0951. The molecule has 1 heterocycles. The number of hydrogen-bond donors (Lipinski definition) is 2. The Morgan fingerprint density at radius 1 is 1.07 bits per heavy atom. The average molecular weight is 398 g/mol. The molecule has 0 unspecified atom stereocenters. The van der Waals surface area contributed by atoms with Crippen LogP contribution in [0.15, 0.2) is 54.6 Å². The molecule has 1 amide bonds. The highest BCUT2D eigenvalue weighted by Crippen LogP contribution is 2.18. The lowest BCUT2D eigenvalue weighted by atomic mass is 10.1. The smallest absolute Gasteiger partial charge is 0.251 e. The Kier molecular flexibility index (Phi) is 5.51. The summed E-state index contributed by atoms with van der Waals surface area (Å²) in [6.07, 6.45) is 1.07. The van der Waals surface area contributed by atoms with Crippen LogP contribution in [-0.4, -0.2) is 30.4 Å². The molecule has 3 rings (SSSR count). The Morgan fingerprint density at radius 3 is 2.46 bits per heavy atom. The van der Waals surface area contributed by atoms with Gasteiger partial charge in [0.15, 0.2) is 0 Å². The monoisotopic (exact) mass is 398 g/mol. The summed E-state index contributed by atoms with van der Waals surface area (Å²) in [6, 6.07) is 16.2. The summed E-state index contributed by atoms with van der Waals surface area (Å²) in [5, 5.41) is 7.46. The molecular weight excluding hydrogens is 376 g/mol. The first kappa shape index (κ1) is 19.6. The number of carbonyl (C=O) groups excluding carboxylic acids is 1. The summed E-state index contributed by atoms with van der Waals surface area (Å²) in [4.78, 5) is 12.5. The van der Waals surface area contributed by atoms with Crippen LogP contribution in [0.1, 0.15) is 27.3 Å². The molecule has 0 radical (unpaired) electrons. The van der Waals surface area contributed by atoms with Gasteiger partial charge in [-0.1, -0.05) is 24.3 Å². The van der Waals surface area contributed by atoms with E-state index in [-0.39, 0.29) is 5.91 Å². The fourth-order valence-corrected chi connectivity index (χ4v) is 3.52. The zero-order valence-electron chi connectivity index (χ0n) is 15.9. The number of hydrogen-bond acceptors (Lipinski definition) is 4. The summed E-state index contributed by atoms with van der Waals surface area (Å²) >= 11 is 0. The van der Waals surface area contributed by atoms with Gasteiger partial charge in [0.05, 0.1) is 17.6 Å². The van der Waals surface area contributed by atoms with E-state index >= 15 is 0 Å². The van der Waals surface area contributed by atoms with Crippen molar-refractivity contribution < 1.29 is 13.2 Å². The van der Waals surface area contributed by atoms with Gasteiger partial charge in [-0.25, -0.2) is 13.1 Å². The molecule has 0 fully saturated rings. The molecule has 7 nitrogen and oxygen atoms in total. The fourth-order valence-electron chi connectivity index (χ4n) is 2.96. The fraction of sp³-hybridized carbons (Fsp3) is 0.200. The van der Waals surface area contributed by atoms with Gasteiger partial charge in [0.1, 0.15) is 0 Å². The highest BCUT2D eigenvalue weighted by molar-refractivity contribution is 7.92. The van der Waals surface area contributed by atoms with Gasteiger partial charge < -0.3 is 5.32 Å². The molecule has 0 aliphatic carbocycles. The van der Waals surface area contributed by atoms with Gasteiger partial charge >= 0.3 is 0 Å².